The number of carbonyl (C=O) groups is 2. The Balaban J connectivity index is 1.94. The largest absolute Gasteiger partial charge is 0.460 e. The van der Waals surface area contributed by atoms with Gasteiger partial charge in [-0.15, -0.1) is 0 Å². The summed E-state index contributed by atoms with van der Waals surface area (Å²) in [5, 5.41) is 0.880. The normalized spacial score (nSPS) is 18.0. The van der Waals surface area contributed by atoms with Crippen LogP contribution in [0.2, 0.25) is 0 Å². The number of rotatable bonds is 2. The van der Waals surface area contributed by atoms with Crippen LogP contribution in [0, 0.1) is 0 Å². The highest BCUT2D eigenvalue weighted by molar-refractivity contribution is 6.01. The number of aromatic nitrogens is 1. The van der Waals surface area contributed by atoms with Crippen molar-refractivity contribution in [3.05, 3.63) is 53.7 Å². The van der Waals surface area contributed by atoms with Crippen molar-refractivity contribution in [1.29, 1.82) is 0 Å². The molecule has 2 heterocycles. The van der Waals surface area contributed by atoms with E-state index in [1.807, 2.05) is 24.3 Å². The molecule has 0 saturated carbocycles. The van der Waals surface area contributed by atoms with E-state index in [-0.39, 0.29) is 11.6 Å². The molecule has 1 aliphatic heterocycles. The summed E-state index contributed by atoms with van der Waals surface area (Å²) in [5.74, 6) is -1.55. The van der Waals surface area contributed by atoms with Crippen LogP contribution in [-0.2, 0) is 19.1 Å². The van der Waals surface area contributed by atoms with Gasteiger partial charge in [0.05, 0.1) is 5.52 Å². The maximum Gasteiger partial charge on any atom is 0.308 e. The monoisotopic (exact) mass is 284 g/mol. The molecule has 0 amide bonds. The first-order chi connectivity index (χ1) is 10.1. The molecule has 6 nitrogen and oxygen atoms in total. The number of pyridine rings is 1. The number of nitrogens with zero attached hydrogens (tertiary/aromatic N) is 1. The van der Waals surface area contributed by atoms with Gasteiger partial charge in [-0.25, -0.2) is 0 Å². The van der Waals surface area contributed by atoms with E-state index in [1.54, 1.807) is 12.3 Å². The Morgan fingerprint density at radius 1 is 1.38 bits per heavy atom. The van der Waals surface area contributed by atoms with Crippen molar-refractivity contribution in [3.8, 4) is 0 Å². The lowest BCUT2D eigenvalue weighted by Gasteiger charge is -2.10. The van der Waals surface area contributed by atoms with Crippen LogP contribution in [0.4, 0.5) is 0 Å². The predicted octanol–water partition coefficient (Wildman–Crippen LogP) is 1.57. The standard InChI is InChI=1S/C15H12N2O4/c1-8(18)20-14-12(19)13(21-15(14)16)10-6-9-4-2-3-5-11(9)17-7-10/h2-7,13H,16H2,1H3. The minimum absolute atomic E-state index is 0.187. The zero-order chi connectivity index (χ0) is 15.0. The van der Waals surface area contributed by atoms with Gasteiger partial charge in [0.25, 0.3) is 0 Å². The lowest BCUT2D eigenvalue weighted by atomic mass is 10.1. The zero-order valence-corrected chi connectivity index (χ0v) is 11.2. The Labute approximate surface area is 120 Å². The van der Waals surface area contributed by atoms with Gasteiger partial charge in [0.2, 0.25) is 17.4 Å². The maximum absolute atomic E-state index is 12.2. The summed E-state index contributed by atoms with van der Waals surface area (Å²) in [5.41, 5.74) is 6.97. The topological polar surface area (TPSA) is 91.5 Å². The zero-order valence-electron chi connectivity index (χ0n) is 11.2. The first-order valence-electron chi connectivity index (χ1n) is 6.30. The minimum Gasteiger partial charge on any atom is -0.460 e. The number of hydrogen-bond donors (Lipinski definition) is 1. The van der Waals surface area contributed by atoms with Crippen molar-refractivity contribution in [1.82, 2.24) is 4.98 Å². The Bertz CT molecular complexity index is 782. The van der Waals surface area contributed by atoms with Gasteiger partial charge in [0.1, 0.15) is 0 Å². The van der Waals surface area contributed by atoms with Crippen LogP contribution in [-0.4, -0.2) is 16.7 Å². The molecular formula is C15H12N2O4. The smallest absolute Gasteiger partial charge is 0.308 e. The van der Waals surface area contributed by atoms with E-state index in [1.165, 1.54) is 6.92 Å². The van der Waals surface area contributed by atoms with Crippen molar-refractivity contribution in [2.45, 2.75) is 13.0 Å². The molecule has 0 bridgehead atoms. The van der Waals surface area contributed by atoms with Gasteiger partial charge in [-0.1, -0.05) is 18.2 Å². The Morgan fingerprint density at radius 3 is 2.90 bits per heavy atom. The molecule has 0 fully saturated rings. The summed E-state index contributed by atoms with van der Waals surface area (Å²) in [6, 6.07) is 9.31. The van der Waals surface area contributed by atoms with Crippen molar-refractivity contribution in [2.75, 3.05) is 0 Å². The number of ether oxygens (including phenoxy) is 2. The third kappa shape index (κ3) is 2.31. The molecule has 1 atom stereocenters. The molecule has 1 aliphatic rings. The number of benzene rings is 1. The summed E-state index contributed by atoms with van der Waals surface area (Å²) >= 11 is 0. The molecule has 0 spiro atoms. The van der Waals surface area contributed by atoms with Crippen molar-refractivity contribution in [2.24, 2.45) is 5.73 Å². The van der Waals surface area contributed by atoms with Crippen molar-refractivity contribution in [3.63, 3.8) is 0 Å². The van der Waals surface area contributed by atoms with Crippen LogP contribution < -0.4 is 5.73 Å². The lowest BCUT2D eigenvalue weighted by Crippen LogP contribution is -2.13. The average Bonchev–Trinajstić information content (AvgIpc) is 2.74. The van der Waals surface area contributed by atoms with Crippen LogP contribution in [0.15, 0.2) is 48.2 Å². The van der Waals surface area contributed by atoms with Gasteiger partial charge < -0.3 is 15.2 Å². The van der Waals surface area contributed by atoms with Gasteiger partial charge in [-0.3, -0.25) is 14.6 Å². The van der Waals surface area contributed by atoms with Gasteiger partial charge >= 0.3 is 5.97 Å². The van der Waals surface area contributed by atoms with Crippen LogP contribution in [0.1, 0.15) is 18.6 Å². The van der Waals surface area contributed by atoms with E-state index in [0.717, 1.165) is 10.9 Å². The van der Waals surface area contributed by atoms with Gasteiger partial charge in [-0.05, 0) is 12.1 Å². The Hall–Kier alpha value is -2.89. The second-order valence-electron chi connectivity index (χ2n) is 4.61. The number of para-hydroxylation sites is 1. The minimum atomic E-state index is -0.934. The van der Waals surface area contributed by atoms with E-state index in [9.17, 15) is 9.59 Å². The molecule has 0 aliphatic carbocycles. The summed E-state index contributed by atoms with van der Waals surface area (Å²) in [4.78, 5) is 27.5. The van der Waals surface area contributed by atoms with Gasteiger partial charge in [0, 0.05) is 24.1 Å². The molecule has 1 aromatic heterocycles. The second-order valence-corrected chi connectivity index (χ2v) is 4.61. The lowest BCUT2D eigenvalue weighted by molar-refractivity contribution is -0.140. The fraction of sp³-hybridized carbons (Fsp3) is 0.133. The Kier molecular flexibility index (Phi) is 3.06. The maximum atomic E-state index is 12.2. The molecule has 2 N–H and O–H groups in total. The molecule has 1 unspecified atom stereocenters. The highest BCUT2D eigenvalue weighted by Gasteiger charge is 2.38. The number of hydrogen-bond acceptors (Lipinski definition) is 6. The SMILES string of the molecule is CC(=O)OC1=C(N)OC(c2cnc3ccccc3c2)C1=O. The number of carbonyl (C=O) groups excluding carboxylic acids is 2. The number of fused-ring (bicyclic) bond motifs is 1. The summed E-state index contributed by atoms with van der Waals surface area (Å²) in [6.07, 6.45) is 0.617. The molecule has 3 rings (SSSR count). The first-order valence-corrected chi connectivity index (χ1v) is 6.30. The summed E-state index contributed by atoms with van der Waals surface area (Å²) in [7, 11) is 0. The number of nitrogens with two attached hydrogens (primary N) is 1. The van der Waals surface area contributed by atoms with E-state index in [0.29, 0.717) is 5.56 Å². The van der Waals surface area contributed by atoms with E-state index in [2.05, 4.69) is 4.98 Å². The fourth-order valence-electron chi connectivity index (χ4n) is 2.17. The number of esters is 1. The quantitative estimate of drug-likeness (QED) is 0.841. The molecule has 2 aromatic rings. The molecule has 0 radical (unpaired) electrons. The summed E-state index contributed by atoms with van der Waals surface area (Å²) < 4.78 is 10.1. The average molecular weight is 284 g/mol. The van der Waals surface area contributed by atoms with Crippen molar-refractivity contribution >= 4 is 22.7 Å². The predicted molar refractivity (Wildman–Crippen MR) is 73.6 cm³/mol. The Morgan fingerprint density at radius 2 is 2.14 bits per heavy atom. The van der Waals surface area contributed by atoms with Crippen molar-refractivity contribution < 1.29 is 19.1 Å². The molecule has 1 aromatic carbocycles. The van der Waals surface area contributed by atoms with E-state index in [4.69, 9.17) is 15.2 Å². The molecular weight excluding hydrogens is 272 g/mol. The third-order valence-electron chi connectivity index (χ3n) is 3.09. The highest BCUT2D eigenvalue weighted by atomic mass is 16.6. The molecule has 0 saturated heterocycles. The van der Waals surface area contributed by atoms with E-state index >= 15 is 0 Å². The third-order valence-corrected chi connectivity index (χ3v) is 3.09. The second kappa shape index (κ2) is 4.90. The first kappa shape index (κ1) is 13.1. The number of Topliss-reactive ketones (excluding diaryl/α,β-unsaturated/α-hetero) is 1. The number of ketones is 1. The van der Waals surface area contributed by atoms with Crippen LogP contribution in [0.5, 0.6) is 0 Å². The van der Waals surface area contributed by atoms with Gasteiger partial charge in [0.15, 0.2) is 6.10 Å². The molecule has 106 valence electrons. The highest BCUT2D eigenvalue weighted by Crippen LogP contribution is 2.32. The molecule has 21 heavy (non-hydrogen) atoms. The molecule has 6 heteroatoms. The summed E-state index contributed by atoms with van der Waals surface area (Å²) in [6.45, 7) is 1.19. The fourth-order valence-corrected chi connectivity index (χ4v) is 2.17. The van der Waals surface area contributed by atoms with Crippen LogP contribution in [0.25, 0.3) is 10.9 Å². The van der Waals surface area contributed by atoms with Crippen LogP contribution >= 0.6 is 0 Å². The van der Waals surface area contributed by atoms with Gasteiger partial charge in [-0.2, -0.15) is 0 Å². The van der Waals surface area contributed by atoms with E-state index < -0.39 is 17.9 Å². The van der Waals surface area contributed by atoms with Crippen LogP contribution in [0.3, 0.4) is 0 Å².